The van der Waals surface area contributed by atoms with Gasteiger partial charge in [-0.25, -0.2) is 4.39 Å². The van der Waals surface area contributed by atoms with E-state index in [9.17, 15) is 9.18 Å². The fraction of sp³-hybridized carbons (Fsp3) is 0. The summed E-state index contributed by atoms with van der Waals surface area (Å²) in [6.45, 7) is 0. The van der Waals surface area contributed by atoms with Crippen LogP contribution >= 0.6 is 23.2 Å². The molecule has 0 fully saturated rings. The molecule has 4 aromatic rings. The first-order valence-electron chi connectivity index (χ1n) is 10.1. The number of hydrogen-bond acceptors (Lipinski definition) is 2. The predicted molar refractivity (Wildman–Crippen MR) is 130 cm³/mol. The normalized spacial score (nSPS) is 14.8. The molecule has 1 aromatic heterocycles. The molecular weight excluding hydrogens is 460 g/mol. The van der Waals surface area contributed by atoms with Crippen LogP contribution in [0.25, 0.3) is 23.1 Å². The molecule has 1 aliphatic rings. The molecule has 0 aliphatic carbocycles. The van der Waals surface area contributed by atoms with Crippen LogP contribution in [0.4, 0.5) is 10.1 Å². The van der Waals surface area contributed by atoms with E-state index in [1.807, 2.05) is 30.3 Å². The monoisotopic (exact) mass is 475 g/mol. The first-order chi connectivity index (χ1) is 16.0. The van der Waals surface area contributed by atoms with Gasteiger partial charge in [-0.1, -0.05) is 53.5 Å². The zero-order valence-corrected chi connectivity index (χ0v) is 18.6. The standard InChI is InChI=1S/C27H16Cl2FNO2/c28-19-6-12-24(29)23(16-19)26-13-11-22(33-26)14-18-15-25(17-4-2-1-3-5-17)31(27(18)32)21-9-7-20(30)8-10-21/h1-16H/b18-14+. The summed E-state index contributed by atoms with van der Waals surface area (Å²) in [5.41, 5.74) is 3.24. The third-order valence-corrected chi connectivity index (χ3v) is 5.82. The maximum Gasteiger partial charge on any atom is 0.263 e. The fourth-order valence-electron chi connectivity index (χ4n) is 3.70. The number of carbonyl (C=O) groups is 1. The van der Waals surface area contributed by atoms with E-state index in [4.69, 9.17) is 27.6 Å². The summed E-state index contributed by atoms with van der Waals surface area (Å²) in [5.74, 6) is 0.435. The number of halogens is 3. The Hall–Kier alpha value is -3.60. The van der Waals surface area contributed by atoms with Crippen LogP contribution in [0.5, 0.6) is 0 Å². The highest BCUT2D eigenvalue weighted by atomic mass is 35.5. The van der Waals surface area contributed by atoms with E-state index in [2.05, 4.69) is 0 Å². The van der Waals surface area contributed by atoms with Crippen LogP contribution in [0.2, 0.25) is 10.0 Å². The summed E-state index contributed by atoms with van der Waals surface area (Å²) in [7, 11) is 0. The van der Waals surface area contributed by atoms with Crippen molar-refractivity contribution in [3.05, 3.63) is 124 Å². The van der Waals surface area contributed by atoms with E-state index in [1.165, 1.54) is 12.1 Å². The van der Waals surface area contributed by atoms with Gasteiger partial charge in [0.05, 0.1) is 10.7 Å². The van der Waals surface area contributed by atoms with Gasteiger partial charge in [-0.05, 0) is 72.3 Å². The molecule has 162 valence electrons. The molecule has 0 bridgehead atoms. The summed E-state index contributed by atoms with van der Waals surface area (Å²) in [5, 5.41) is 1.06. The predicted octanol–water partition coefficient (Wildman–Crippen LogP) is 7.86. The molecule has 0 atom stereocenters. The highest BCUT2D eigenvalue weighted by molar-refractivity contribution is 6.35. The second-order valence-corrected chi connectivity index (χ2v) is 8.28. The highest BCUT2D eigenvalue weighted by Gasteiger charge is 2.30. The van der Waals surface area contributed by atoms with Crippen LogP contribution in [0.15, 0.2) is 101 Å². The first-order valence-corrected chi connectivity index (χ1v) is 10.9. The molecule has 0 saturated heterocycles. The van der Waals surface area contributed by atoms with Crippen molar-refractivity contribution in [2.45, 2.75) is 0 Å². The Labute approximate surface area is 200 Å². The average Bonchev–Trinajstić information content (AvgIpc) is 3.42. The van der Waals surface area contributed by atoms with Crippen molar-refractivity contribution < 1.29 is 13.6 Å². The van der Waals surface area contributed by atoms with Crippen molar-refractivity contribution in [2.75, 3.05) is 4.90 Å². The average molecular weight is 476 g/mol. The summed E-state index contributed by atoms with van der Waals surface area (Å²) in [6, 6.07) is 24.1. The highest BCUT2D eigenvalue weighted by Crippen LogP contribution is 2.36. The summed E-state index contributed by atoms with van der Waals surface area (Å²) in [4.78, 5) is 15.0. The molecule has 1 amide bonds. The number of hydrogen-bond donors (Lipinski definition) is 0. The molecule has 3 nitrogen and oxygen atoms in total. The minimum Gasteiger partial charge on any atom is -0.457 e. The third kappa shape index (κ3) is 4.23. The summed E-state index contributed by atoms with van der Waals surface area (Å²) < 4.78 is 19.4. The van der Waals surface area contributed by atoms with Crippen LogP contribution < -0.4 is 4.90 Å². The van der Waals surface area contributed by atoms with Crippen molar-refractivity contribution >= 4 is 46.6 Å². The molecule has 0 unspecified atom stereocenters. The minimum atomic E-state index is -0.366. The van der Waals surface area contributed by atoms with Gasteiger partial charge in [0.1, 0.15) is 17.3 Å². The van der Waals surface area contributed by atoms with Gasteiger partial charge in [-0.3, -0.25) is 9.69 Å². The number of anilines is 1. The van der Waals surface area contributed by atoms with Gasteiger partial charge in [0.25, 0.3) is 5.91 Å². The Kier molecular flexibility index (Phi) is 5.63. The van der Waals surface area contributed by atoms with Crippen molar-refractivity contribution in [1.82, 2.24) is 0 Å². The molecule has 0 radical (unpaired) electrons. The van der Waals surface area contributed by atoms with E-state index >= 15 is 0 Å². The lowest BCUT2D eigenvalue weighted by Gasteiger charge is -2.20. The number of rotatable bonds is 4. The Balaban J connectivity index is 1.55. The molecule has 0 saturated carbocycles. The summed E-state index contributed by atoms with van der Waals surface area (Å²) in [6.07, 6.45) is 3.48. The van der Waals surface area contributed by atoms with Crippen LogP contribution in [-0.2, 0) is 4.79 Å². The molecule has 2 heterocycles. The third-order valence-electron chi connectivity index (χ3n) is 5.26. The zero-order valence-electron chi connectivity index (χ0n) is 17.1. The maximum atomic E-state index is 13.5. The summed E-state index contributed by atoms with van der Waals surface area (Å²) >= 11 is 12.4. The number of furan rings is 1. The Morgan fingerprint density at radius 1 is 0.879 bits per heavy atom. The van der Waals surface area contributed by atoms with Gasteiger partial charge in [0, 0.05) is 21.8 Å². The van der Waals surface area contributed by atoms with Crippen molar-refractivity contribution in [3.8, 4) is 11.3 Å². The number of benzene rings is 3. The Morgan fingerprint density at radius 3 is 2.39 bits per heavy atom. The van der Waals surface area contributed by atoms with Crippen LogP contribution in [0, 0.1) is 5.82 Å². The van der Waals surface area contributed by atoms with Gasteiger partial charge in [0.2, 0.25) is 0 Å². The maximum absolute atomic E-state index is 13.5. The lowest BCUT2D eigenvalue weighted by Crippen LogP contribution is -2.24. The van der Waals surface area contributed by atoms with E-state index < -0.39 is 0 Å². The zero-order chi connectivity index (χ0) is 22.9. The van der Waals surface area contributed by atoms with E-state index in [0.29, 0.717) is 44.1 Å². The Bertz CT molecular complexity index is 1410. The SMILES string of the molecule is O=C1/C(=C/c2ccc(-c3cc(Cl)ccc3Cl)o2)C=C(c2ccccc2)N1c1ccc(F)cc1. The van der Waals surface area contributed by atoms with Crippen LogP contribution in [0.3, 0.4) is 0 Å². The Morgan fingerprint density at radius 2 is 1.64 bits per heavy atom. The second-order valence-electron chi connectivity index (χ2n) is 7.44. The molecule has 0 spiro atoms. The lowest BCUT2D eigenvalue weighted by molar-refractivity contribution is -0.113. The second kappa shape index (κ2) is 8.74. The molecule has 1 aliphatic heterocycles. The first kappa shape index (κ1) is 21.3. The van der Waals surface area contributed by atoms with Crippen LogP contribution in [0.1, 0.15) is 11.3 Å². The van der Waals surface area contributed by atoms with Crippen molar-refractivity contribution in [1.29, 1.82) is 0 Å². The van der Waals surface area contributed by atoms with Crippen LogP contribution in [-0.4, -0.2) is 5.91 Å². The van der Waals surface area contributed by atoms with Crippen molar-refractivity contribution in [3.63, 3.8) is 0 Å². The van der Waals surface area contributed by atoms with E-state index in [1.54, 1.807) is 59.5 Å². The number of carbonyl (C=O) groups excluding carboxylic acids is 1. The van der Waals surface area contributed by atoms with Gasteiger partial charge in [-0.2, -0.15) is 0 Å². The van der Waals surface area contributed by atoms with Gasteiger partial charge in [0.15, 0.2) is 0 Å². The van der Waals surface area contributed by atoms with E-state index in [0.717, 1.165) is 5.56 Å². The van der Waals surface area contributed by atoms with E-state index in [-0.39, 0.29) is 11.7 Å². The molecular formula is C27H16Cl2FNO2. The molecule has 6 heteroatoms. The van der Waals surface area contributed by atoms with Gasteiger partial charge in [-0.15, -0.1) is 0 Å². The number of amides is 1. The molecule has 3 aromatic carbocycles. The molecule has 33 heavy (non-hydrogen) atoms. The molecule has 0 N–H and O–H groups in total. The lowest BCUT2D eigenvalue weighted by atomic mass is 10.1. The smallest absolute Gasteiger partial charge is 0.263 e. The van der Waals surface area contributed by atoms with Gasteiger partial charge >= 0.3 is 0 Å². The van der Waals surface area contributed by atoms with Crippen molar-refractivity contribution in [2.24, 2.45) is 0 Å². The quantitative estimate of drug-likeness (QED) is 0.281. The number of nitrogens with zero attached hydrogens (tertiary/aromatic N) is 1. The minimum absolute atomic E-state index is 0.237. The van der Waals surface area contributed by atoms with Gasteiger partial charge < -0.3 is 4.42 Å². The topological polar surface area (TPSA) is 33.5 Å². The fourth-order valence-corrected chi connectivity index (χ4v) is 4.08. The largest absolute Gasteiger partial charge is 0.457 e. The molecule has 5 rings (SSSR count).